The van der Waals surface area contributed by atoms with Gasteiger partial charge in [-0.1, -0.05) is 18.2 Å². The molecular formula is C21H21F3N2O4S. The first-order valence-corrected chi connectivity index (χ1v) is 11.0. The van der Waals surface area contributed by atoms with Gasteiger partial charge in [-0.2, -0.15) is 17.5 Å². The molecule has 1 N–H and O–H groups in total. The Morgan fingerprint density at radius 1 is 1.03 bits per heavy atom. The number of carbonyl (C=O) groups excluding carboxylic acids is 2. The third-order valence-electron chi connectivity index (χ3n) is 5.16. The van der Waals surface area contributed by atoms with Gasteiger partial charge in [-0.05, 0) is 50.1 Å². The molecular weight excluding hydrogens is 433 g/mol. The van der Waals surface area contributed by atoms with Crippen molar-refractivity contribution in [1.82, 2.24) is 4.31 Å². The van der Waals surface area contributed by atoms with Crippen LogP contribution in [-0.4, -0.2) is 37.5 Å². The maximum Gasteiger partial charge on any atom is 0.416 e. The molecule has 2 aromatic carbocycles. The molecule has 0 aliphatic carbocycles. The second-order valence-electron chi connectivity index (χ2n) is 7.33. The fourth-order valence-electron chi connectivity index (χ4n) is 3.40. The molecule has 0 bridgehead atoms. The van der Waals surface area contributed by atoms with Gasteiger partial charge in [0, 0.05) is 30.3 Å². The van der Waals surface area contributed by atoms with E-state index in [9.17, 15) is 31.2 Å². The number of piperidine rings is 1. The molecule has 0 saturated carbocycles. The number of halogens is 3. The van der Waals surface area contributed by atoms with Crippen molar-refractivity contribution in [3.05, 3.63) is 59.7 Å². The van der Waals surface area contributed by atoms with Crippen molar-refractivity contribution in [3.63, 3.8) is 0 Å². The zero-order valence-electron chi connectivity index (χ0n) is 16.6. The number of hydrogen-bond acceptors (Lipinski definition) is 4. The minimum absolute atomic E-state index is 0.0180. The number of hydrogen-bond donors (Lipinski definition) is 1. The van der Waals surface area contributed by atoms with Crippen LogP contribution < -0.4 is 5.32 Å². The van der Waals surface area contributed by atoms with Gasteiger partial charge >= 0.3 is 6.18 Å². The van der Waals surface area contributed by atoms with Gasteiger partial charge in [0.15, 0.2) is 5.78 Å². The molecule has 0 unspecified atom stereocenters. The Balaban J connectivity index is 1.65. The Bertz CT molecular complexity index is 1090. The Morgan fingerprint density at radius 2 is 1.68 bits per heavy atom. The van der Waals surface area contributed by atoms with Crippen molar-refractivity contribution in [2.24, 2.45) is 5.92 Å². The molecule has 31 heavy (non-hydrogen) atoms. The monoisotopic (exact) mass is 454 g/mol. The summed E-state index contributed by atoms with van der Waals surface area (Å²) in [5.74, 6) is -0.880. The molecule has 0 radical (unpaired) electrons. The van der Waals surface area contributed by atoms with Crippen LogP contribution in [0.25, 0.3) is 0 Å². The number of rotatable bonds is 5. The fourth-order valence-corrected chi connectivity index (χ4v) is 4.92. The largest absolute Gasteiger partial charge is 0.416 e. The van der Waals surface area contributed by atoms with E-state index in [-0.39, 0.29) is 37.6 Å². The average Bonchev–Trinajstić information content (AvgIpc) is 2.73. The van der Waals surface area contributed by atoms with Gasteiger partial charge in [-0.3, -0.25) is 9.59 Å². The van der Waals surface area contributed by atoms with Crippen LogP contribution in [0.2, 0.25) is 0 Å². The molecule has 1 saturated heterocycles. The number of ketones is 1. The topological polar surface area (TPSA) is 83.6 Å². The maximum atomic E-state index is 12.9. The van der Waals surface area contributed by atoms with E-state index in [1.807, 2.05) is 0 Å². The summed E-state index contributed by atoms with van der Waals surface area (Å²) in [7, 11) is -4.10. The molecule has 2 aromatic rings. The summed E-state index contributed by atoms with van der Waals surface area (Å²) in [4.78, 5) is 23.6. The van der Waals surface area contributed by atoms with Crippen LogP contribution in [0.5, 0.6) is 0 Å². The van der Waals surface area contributed by atoms with Crippen LogP contribution >= 0.6 is 0 Å². The summed E-state index contributed by atoms with van der Waals surface area (Å²) in [6.07, 6.45) is -4.18. The summed E-state index contributed by atoms with van der Waals surface area (Å²) < 4.78 is 65.4. The number of nitrogens with zero attached hydrogens (tertiary/aromatic N) is 1. The highest BCUT2D eigenvalue weighted by Crippen LogP contribution is 2.32. The van der Waals surface area contributed by atoms with Crippen LogP contribution in [-0.2, 0) is 21.0 Å². The molecule has 1 aliphatic heterocycles. The molecule has 0 spiro atoms. The molecule has 1 aliphatic rings. The quantitative estimate of drug-likeness (QED) is 0.694. The molecule has 10 heteroatoms. The first-order chi connectivity index (χ1) is 14.5. The minimum Gasteiger partial charge on any atom is -0.326 e. The Hall–Kier alpha value is -2.72. The van der Waals surface area contributed by atoms with E-state index >= 15 is 0 Å². The summed E-state index contributed by atoms with van der Waals surface area (Å²) in [5, 5.41) is 2.73. The van der Waals surface area contributed by atoms with E-state index in [0.717, 1.165) is 22.5 Å². The predicted molar refractivity (Wildman–Crippen MR) is 108 cm³/mol. The second kappa shape index (κ2) is 8.80. The average molecular weight is 454 g/mol. The highest BCUT2D eigenvalue weighted by atomic mass is 32.2. The smallest absolute Gasteiger partial charge is 0.326 e. The lowest BCUT2D eigenvalue weighted by atomic mass is 9.97. The first kappa shape index (κ1) is 23.0. The van der Waals surface area contributed by atoms with Crippen molar-refractivity contribution in [2.45, 2.75) is 30.8 Å². The third-order valence-corrected chi connectivity index (χ3v) is 7.06. The van der Waals surface area contributed by atoms with Crippen molar-refractivity contribution < 1.29 is 31.2 Å². The van der Waals surface area contributed by atoms with Crippen LogP contribution in [0.4, 0.5) is 18.9 Å². The zero-order valence-corrected chi connectivity index (χ0v) is 17.5. The number of sulfonamides is 1. The molecule has 3 rings (SSSR count). The van der Waals surface area contributed by atoms with E-state index in [0.29, 0.717) is 17.3 Å². The third kappa shape index (κ3) is 5.31. The van der Waals surface area contributed by atoms with Gasteiger partial charge in [0.25, 0.3) is 0 Å². The Labute approximate surface area is 178 Å². The number of nitrogens with one attached hydrogen (secondary N) is 1. The molecule has 1 amide bonds. The van der Waals surface area contributed by atoms with Crippen LogP contribution in [0.3, 0.4) is 0 Å². The van der Waals surface area contributed by atoms with Crippen molar-refractivity contribution in [2.75, 3.05) is 18.4 Å². The van der Waals surface area contributed by atoms with Gasteiger partial charge in [0.2, 0.25) is 15.9 Å². The second-order valence-corrected chi connectivity index (χ2v) is 9.27. The van der Waals surface area contributed by atoms with E-state index in [1.54, 1.807) is 24.3 Å². The van der Waals surface area contributed by atoms with Crippen LogP contribution in [0.1, 0.15) is 35.7 Å². The summed E-state index contributed by atoms with van der Waals surface area (Å²) in [6, 6.07) is 10.1. The van der Waals surface area contributed by atoms with Crippen molar-refractivity contribution >= 4 is 27.4 Å². The zero-order chi connectivity index (χ0) is 22.8. The number of alkyl halides is 3. The number of carbonyl (C=O) groups is 2. The number of benzene rings is 2. The first-order valence-electron chi connectivity index (χ1n) is 9.58. The summed E-state index contributed by atoms with van der Waals surface area (Å²) in [6.45, 7) is 1.45. The van der Waals surface area contributed by atoms with Crippen molar-refractivity contribution in [3.8, 4) is 0 Å². The van der Waals surface area contributed by atoms with Crippen LogP contribution in [0, 0.1) is 5.92 Å². The van der Waals surface area contributed by atoms with E-state index in [2.05, 4.69) is 5.32 Å². The molecule has 1 fully saturated rings. The minimum atomic E-state index is -4.64. The number of amides is 1. The highest BCUT2D eigenvalue weighted by molar-refractivity contribution is 7.89. The molecule has 166 valence electrons. The van der Waals surface area contributed by atoms with Crippen molar-refractivity contribution in [1.29, 1.82) is 0 Å². The van der Waals surface area contributed by atoms with E-state index in [1.165, 1.54) is 6.92 Å². The lowest BCUT2D eigenvalue weighted by Crippen LogP contribution is -2.41. The Morgan fingerprint density at radius 3 is 2.29 bits per heavy atom. The maximum absolute atomic E-state index is 12.9. The number of Topliss-reactive ketones (excluding diaryl/α,β-unsaturated/α-hetero) is 1. The Kier molecular flexibility index (Phi) is 6.51. The predicted octanol–water partition coefficient (Wildman–Crippen LogP) is 3.95. The van der Waals surface area contributed by atoms with Gasteiger partial charge < -0.3 is 5.32 Å². The van der Waals surface area contributed by atoms with Gasteiger partial charge in [-0.15, -0.1) is 0 Å². The lowest BCUT2D eigenvalue weighted by Gasteiger charge is -2.30. The van der Waals surface area contributed by atoms with E-state index < -0.39 is 32.6 Å². The van der Waals surface area contributed by atoms with Crippen LogP contribution in [0.15, 0.2) is 53.4 Å². The molecule has 0 aromatic heterocycles. The lowest BCUT2D eigenvalue weighted by molar-refractivity contribution is -0.137. The molecule has 0 atom stereocenters. The summed E-state index contributed by atoms with van der Waals surface area (Å²) in [5.41, 5.74) is -0.104. The fraction of sp³-hybridized carbons (Fsp3) is 0.333. The van der Waals surface area contributed by atoms with E-state index in [4.69, 9.17) is 0 Å². The van der Waals surface area contributed by atoms with Gasteiger partial charge in [0.1, 0.15) is 0 Å². The number of anilines is 1. The SMILES string of the molecule is CC(=O)c1cccc(NC(=O)C2CCN(S(=O)(=O)c3cccc(C(F)(F)F)c3)CC2)c1. The molecule has 1 heterocycles. The highest BCUT2D eigenvalue weighted by Gasteiger charge is 2.35. The normalized spacial score (nSPS) is 16.1. The summed E-state index contributed by atoms with van der Waals surface area (Å²) >= 11 is 0. The van der Waals surface area contributed by atoms with Gasteiger partial charge in [0.05, 0.1) is 10.5 Å². The molecule has 6 nitrogen and oxygen atoms in total. The standard InChI is InChI=1S/C21H21F3N2O4S/c1-14(27)16-4-2-6-18(12-16)25-20(28)15-8-10-26(11-9-15)31(29,30)19-7-3-5-17(13-19)21(22,23)24/h2-7,12-13,15H,8-11H2,1H3,(H,25,28). The van der Waals surface area contributed by atoms with Gasteiger partial charge in [-0.25, -0.2) is 8.42 Å².